The van der Waals surface area contributed by atoms with Gasteiger partial charge in [-0.05, 0) is 40.3 Å². The maximum atomic E-state index is 12.8. The van der Waals surface area contributed by atoms with Crippen LogP contribution < -0.4 is 0 Å². The molecular formula is C14H17NO4S3. The summed E-state index contributed by atoms with van der Waals surface area (Å²) < 4.78 is 27.0. The summed E-state index contributed by atoms with van der Waals surface area (Å²) in [7, 11) is -3.81. The van der Waals surface area contributed by atoms with Gasteiger partial charge in [0.15, 0.2) is 0 Å². The van der Waals surface area contributed by atoms with Crippen LogP contribution in [0.15, 0.2) is 33.2 Å². The highest BCUT2D eigenvalue weighted by Gasteiger charge is 2.30. The van der Waals surface area contributed by atoms with Crippen LogP contribution in [0.4, 0.5) is 0 Å². The minimum atomic E-state index is -3.81. The molecule has 0 aliphatic rings. The monoisotopic (exact) mass is 359 g/mol. The second kappa shape index (κ2) is 7.36. The Hall–Kier alpha value is -1.22. The Bertz CT molecular complexity index is 719. The van der Waals surface area contributed by atoms with Gasteiger partial charge in [0.05, 0.1) is 0 Å². The molecule has 2 rings (SSSR count). The van der Waals surface area contributed by atoms with Crippen molar-refractivity contribution in [2.75, 3.05) is 6.54 Å². The highest BCUT2D eigenvalue weighted by atomic mass is 32.2. The Labute approximate surface area is 137 Å². The van der Waals surface area contributed by atoms with Crippen molar-refractivity contribution in [2.24, 2.45) is 0 Å². The molecular weight excluding hydrogens is 342 g/mol. The minimum absolute atomic E-state index is 0.115. The van der Waals surface area contributed by atoms with Gasteiger partial charge in [-0.1, -0.05) is 13.3 Å². The number of carboxylic acid groups (broad SMARTS) is 1. The van der Waals surface area contributed by atoms with Crippen molar-refractivity contribution in [3.63, 3.8) is 0 Å². The number of nitrogens with zero attached hydrogens (tertiary/aromatic N) is 1. The van der Waals surface area contributed by atoms with E-state index in [-0.39, 0.29) is 16.3 Å². The van der Waals surface area contributed by atoms with E-state index in [0.29, 0.717) is 6.54 Å². The van der Waals surface area contributed by atoms with Gasteiger partial charge in [-0.3, -0.25) is 0 Å². The van der Waals surface area contributed by atoms with Crippen LogP contribution in [0.5, 0.6) is 0 Å². The summed E-state index contributed by atoms with van der Waals surface area (Å²) >= 11 is 2.44. The molecule has 5 nitrogen and oxygen atoms in total. The molecule has 8 heteroatoms. The first-order chi connectivity index (χ1) is 10.5. The van der Waals surface area contributed by atoms with Gasteiger partial charge >= 0.3 is 5.97 Å². The first kappa shape index (κ1) is 17.1. The third kappa shape index (κ3) is 3.75. The first-order valence-corrected chi connectivity index (χ1v) is 10.0. The van der Waals surface area contributed by atoms with Crippen LogP contribution in [-0.2, 0) is 16.6 Å². The zero-order chi connectivity index (χ0) is 16.2. The van der Waals surface area contributed by atoms with Crippen molar-refractivity contribution in [1.29, 1.82) is 0 Å². The molecule has 0 radical (unpaired) electrons. The SMILES string of the molecule is CCCCN(Cc1ccsc1)S(=O)(=O)c1ccsc1C(=O)O. The van der Waals surface area contributed by atoms with Gasteiger partial charge < -0.3 is 5.11 Å². The maximum absolute atomic E-state index is 12.8. The molecule has 0 atom stereocenters. The number of unbranched alkanes of at least 4 members (excludes halogenated alkanes) is 1. The van der Waals surface area contributed by atoms with Crippen LogP contribution in [0.25, 0.3) is 0 Å². The number of rotatable bonds is 8. The summed E-state index contributed by atoms with van der Waals surface area (Å²) in [5.41, 5.74) is 0.914. The van der Waals surface area contributed by atoms with Gasteiger partial charge in [-0.25, -0.2) is 13.2 Å². The Morgan fingerprint density at radius 3 is 2.68 bits per heavy atom. The van der Waals surface area contributed by atoms with Gasteiger partial charge in [0, 0.05) is 13.1 Å². The average Bonchev–Trinajstić information content (AvgIpc) is 3.13. The summed E-state index contributed by atoms with van der Waals surface area (Å²) in [5, 5.41) is 14.5. The molecule has 1 N–H and O–H groups in total. The standard InChI is InChI=1S/C14H17NO4S3/c1-2-3-6-15(9-11-4-7-20-10-11)22(18,19)12-5-8-21-13(12)14(16)17/h4-5,7-8,10H,2-3,6,9H2,1H3,(H,16,17). The summed E-state index contributed by atoms with van der Waals surface area (Å²) in [6.45, 7) is 2.63. The lowest BCUT2D eigenvalue weighted by atomic mass is 10.3. The predicted molar refractivity (Wildman–Crippen MR) is 88.1 cm³/mol. The van der Waals surface area contributed by atoms with Crippen molar-refractivity contribution < 1.29 is 18.3 Å². The van der Waals surface area contributed by atoms with Crippen LogP contribution in [0.1, 0.15) is 35.0 Å². The molecule has 0 fully saturated rings. The predicted octanol–water partition coefficient (Wildman–Crippen LogP) is 3.50. The van der Waals surface area contributed by atoms with Crippen molar-refractivity contribution in [2.45, 2.75) is 31.2 Å². The molecule has 0 bridgehead atoms. The largest absolute Gasteiger partial charge is 0.477 e. The third-order valence-electron chi connectivity index (χ3n) is 3.14. The summed E-state index contributed by atoms with van der Waals surface area (Å²) in [5.74, 6) is -1.21. The highest BCUT2D eigenvalue weighted by molar-refractivity contribution is 7.89. The highest BCUT2D eigenvalue weighted by Crippen LogP contribution is 2.27. The Kier molecular flexibility index (Phi) is 5.74. The van der Waals surface area contributed by atoms with E-state index >= 15 is 0 Å². The lowest BCUT2D eigenvalue weighted by Crippen LogP contribution is -2.32. The van der Waals surface area contributed by atoms with Crippen molar-refractivity contribution in [3.8, 4) is 0 Å². The Balaban J connectivity index is 2.35. The Morgan fingerprint density at radius 2 is 2.09 bits per heavy atom. The van der Waals surface area contributed by atoms with Crippen molar-refractivity contribution in [3.05, 3.63) is 38.7 Å². The number of sulfonamides is 1. The van der Waals surface area contributed by atoms with E-state index in [2.05, 4.69) is 0 Å². The van der Waals surface area contributed by atoms with Gasteiger partial charge in [0.25, 0.3) is 0 Å². The fourth-order valence-corrected chi connectivity index (χ4v) is 5.36. The Morgan fingerprint density at radius 1 is 1.32 bits per heavy atom. The molecule has 0 aliphatic heterocycles. The van der Waals surface area contributed by atoms with E-state index in [0.717, 1.165) is 29.7 Å². The van der Waals surface area contributed by atoms with E-state index in [4.69, 9.17) is 5.11 Å². The smallest absolute Gasteiger partial charge is 0.347 e. The molecule has 2 heterocycles. The second-order valence-electron chi connectivity index (χ2n) is 4.74. The number of hydrogen-bond donors (Lipinski definition) is 1. The molecule has 0 amide bonds. The zero-order valence-electron chi connectivity index (χ0n) is 12.1. The summed E-state index contributed by atoms with van der Waals surface area (Å²) in [6.07, 6.45) is 1.60. The minimum Gasteiger partial charge on any atom is -0.477 e. The molecule has 2 aromatic heterocycles. The van der Waals surface area contributed by atoms with E-state index in [1.807, 2.05) is 23.8 Å². The first-order valence-electron chi connectivity index (χ1n) is 6.78. The van der Waals surface area contributed by atoms with E-state index in [1.165, 1.54) is 27.1 Å². The van der Waals surface area contributed by atoms with Crippen LogP contribution in [0.2, 0.25) is 0 Å². The maximum Gasteiger partial charge on any atom is 0.347 e. The molecule has 2 aromatic rings. The van der Waals surface area contributed by atoms with E-state index in [1.54, 1.807) is 0 Å². The van der Waals surface area contributed by atoms with Crippen LogP contribution in [0.3, 0.4) is 0 Å². The van der Waals surface area contributed by atoms with Gasteiger partial charge in [0.1, 0.15) is 9.77 Å². The van der Waals surface area contributed by atoms with Crippen LogP contribution in [-0.4, -0.2) is 30.3 Å². The van der Waals surface area contributed by atoms with Crippen LogP contribution in [0, 0.1) is 0 Å². The number of carboxylic acids is 1. The lowest BCUT2D eigenvalue weighted by Gasteiger charge is -2.21. The van der Waals surface area contributed by atoms with Crippen molar-refractivity contribution in [1.82, 2.24) is 4.31 Å². The lowest BCUT2D eigenvalue weighted by molar-refractivity contribution is 0.0698. The molecule has 0 saturated carbocycles. The number of hydrogen-bond acceptors (Lipinski definition) is 5. The number of carbonyl (C=O) groups is 1. The molecule has 0 unspecified atom stereocenters. The molecule has 0 spiro atoms. The van der Waals surface area contributed by atoms with E-state index in [9.17, 15) is 13.2 Å². The van der Waals surface area contributed by atoms with Crippen molar-refractivity contribution >= 4 is 38.7 Å². The molecule has 0 saturated heterocycles. The normalized spacial score (nSPS) is 11.9. The molecule has 0 aliphatic carbocycles. The van der Waals surface area contributed by atoms with Gasteiger partial charge in [-0.15, -0.1) is 11.3 Å². The average molecular weight is 359 g/mol. The molecule has 22 heavy (non-hydrogen) atoms. The fraction of sp³-hybridized carbons (Fsp3) is 0.357. The number of aromatic carboxylic acids is 1. The quantitative estimate of drug-likeness (QED) is 0.783. The van der Waals surface area contributed by atoms with Gasteiger partial charge in [0.2, 0.25) is 10.0 Å². The zero-order valence-corrected chi connectivity index (χ0v) is 14.5. The third-order valence-corrected chi connectivity index (χ3v) is 6.79. The molecule has 0 aromatic carbocycles. The topological polar surface area (TPSA) is 74.7 Å². The fourth-order valence-electron chi connectivity index (χ4n) is 2.00. The summed E-state index contributed by atoms with van der Waals surface area (Å²) in [4.78, 5) is 11.0. The summed E-state index contributed by atoms with van der Waals surface area (Å²) in [6, 6.07) is 3.25. The number of thiophene rings is 2. The van der Waals surface area contributed by atoms with E-state index < -0.39 is 16.0 Å². The molecule has 120 valence electrons. The van der Waals surface area contributed by atoms with Crippen LogP contribution >= 0.6 is 22.7 Å². The second-order valence-corrected chi connectivity index (χ2v) is 8.35. The van der Waals surface area contributed by atoms with Gasteiger partial charge in [-0.2, -0.15) is 15.6 Å².